The van der Waals surface area contributed by atoms with Gasteiger partial charge >= 0.3 is 0 Å². The molecule has 0 aliphatic rings. The summed E-state index contributed by atoms with van der Waals surface area (Å²) in [6.07, 6.45) is 1.64. The van der Waals surface area contributed by atoms with Crippen LogP contribution in [0.3, 0.4) is 0 Å². The minimum Gasteiger partial charge on any atom is -0.493 e. The number of rotatable bonds is 5. The Bertz CT molecular complexity index is 675. The molecule has 0 aliphatic carbocycles. The van der Waals surface area contributed by atoms with Crippen molar-refractivity contribution >= 4 is 29.1 Å². The van der Waals surface area contributed by atoms with Gasteiger partial charge in [0.25, 0.3) is 5.91 Å². The molecule has 0 saturated carbocycles. The third-order valence-corrected chi connectivity index (χ3v) is 3.02. The highest BCUT2D eigenvalue weighted by atomic mass is 32.1. The van der Waals surface area contributed by atoms with Gasteiger partial charge in [0.15, 0.2) is 5.11 Å². The summed E-state index contributed by atoms with van der Waals surface area (Å²) in [6.45, 7) is 4.74. The maximum absolute atomic E-state index is 12.2. The van der Waals surface area contributed by atoms with Crippen LogP contribution in [-0.4, -0.2) is 22.6 Å². The number of nitrogens with one attached hydrogen (secondary N) is 2. The molecule has 23 heavy (non-hydrogen) atoms. The molecule has 0 aliphatic heterocycles. The van der Waals surface area contributed by atoms with Crippen LogP contribution in [0.2, 0.25) is 0 Å². The largest absolute Gasteiger partial charge is 0.493 e. The van der Waals surface area contributed by atoms with Crippen molar-refractivity contribution in [3.8, 4) is 5.75 Å². The summed E-state index contributed by atoms with van der Waals surface area (Å²) in [5.41, 5.74) is 0.483. The van der Waals surface area contributed by atoms with Crippen molar-refractivity contribution in [1.82, 2.24) is 10.3 Å². The van der Waals surface area contributed by atoms with Crippen LogP contribution in [0.15, 0.2) is 48.7 Å². The second kappa shape index (κ2) is 8.24. The maximum Gasteiger partial charge on any atom is 0.257 e. The van der Waals surface area contributed by atoms with Crippen LogP contribution in [0.5, 0.6) is 5.75 Å². The summed E-state index contributed by atoms with van der Waals surface area (Å²) in [7, 11) is 0. The zero-order valence-corrected chi connectivity index (χ0v) is 13.9. The molecular weight excluding hydrogens is 310 g/mol. The third-order valence-electron chi connectivity index (χ3n) is 2.81. The Hall–Kier alpha value is -2.47. The summed E-state index contributed by atoms with van der Waals surface area (Å²) in [4.78, 5) is 16.3. The van der Waals surface area contributed by atoms with Gasteiger partial charge in [0.05, 0.1) is 6.61 Å². The lowest BCUT2D eigenvalue weighted by atomic mass is 10.2. The molecule has 1 amide bonds. The molecule has 2 aromatic rings. The molecule has 120 valence electrons. The Morgan fingerprint density at radius 2 is 2.09 bits per heavy atom. The number of carbonyl (C=O) groups excluding carboxylic acids is 1. The highest BCUT2D eigenvalue weighted by Gasteiger charge is 2.09. The average molecular weight is 329 g/mol. The number of hydrogen-bond acceptors (Lipinski definition) is 4. The topological polar surface area (TPSA) is 63.2 Å². The first kappa shape index (κ1) is 16.9. The lowest BCUT2D eigenvalue weighted by Gasteiger charge is -2.11. The number of anilines is 1. The van der Waals surface area contributed by atoms with Crippen LogP contribution in [0.1, 0.15) is 24.2 Å². The van der Waals surface area contributed by atoms with Gasteiger partial charge in [-0.2, -0.15) is 0 Å². The number of carbonyl (C=O) groups is 1. The Morgan fingerprint density at radius 3 is 2.78 bits per heavy atom. The summed E-state index contributed by atoms with van der Waals surface area (Å²) in [5.74, 6) is 1.36. The molecule has 6 heteroatoms. The van der Waals surface area contributed by atoms with Gasteiger partial charge in [0.2, 0.25) is 0 Å². The van der Waals surface area contributed by atoms with Gasteiger partial charge in [0, 0.05) is 11.8 Å². The number of ether oxygens (including phenoxy) is 1. The minimum atomic E-state index is -0.298. The number of thiocarbonyl (C=S) groups is 1. The van der Waals surface area contributed by atoms with E-state index in [0.717, 1.165) is 0 Å². The molecule has 1 aromatic carbocycles. The molecule has 0 atom stereocenters. The van der Waals surface area contributed by atoms with E-state index in [0.29, 0.717) is 29.7 Å². The molecule has 0 spiro atoms. The normalized spacial score (nSPS) is 10.2. The van der Waals surface area contributed by atoms with Crippen molar-refractivity contribution in [2.24, 2.45) is 5.92 Å². The van der Waals surface area contributed by atoms with Gasteiger partial charge < -0.3 is 10.1 Å². The monoisotopic (exact) mass is 329 g/mol. The number of pyridine rings is 1. The molecule has 2 rings (SSSR count). The summed E-state index contributed by atoms with van der Waals surface area (Å²) in [5, 5.41) is 5.67. The zero-order valence-electron chi connectivity index (χ0n) is 13.1. The standard InChI is InChI=1S/C17H19N3O2S/c1-12(2)11-22-14-7-5-6-13(10-14)16(21)20-17(23)19-15-8-3-4-9-18-15/h3-10,12H,11H2,1-2H3,(H2,18,19,20,21,23). The van der Waals surface area contributed by atoms with Gasteiger partial charge in [-0.25, -0.2) is 4.98 Å². The van der Waals surface area contributed by atoms with Crippen molar-refractivity contribution in [1.29, 1.82) is 0 Å². The van der Waals surface area contributed by atoms with E-state index in [2.05, 4.69) is 29.5 Å². The van der Waals surface area contributed by atoms with Crippen LogP contribution in [-0.2, 0) is 0 Å². The third kappa shape index (κ3) is 5.67. The maximum atomic E-state index is 12.2. The zero-order chi connectivity index (χ0) is 16.7. The van der Waals surface area contributed by atoms with Crippen LogP contribution in [0.4, 0.5) is 5.82 Å². The molecule has 1 heterocycles. The van der Waals surface area contributed by atoms with Gasteiger partial charge in [-0.05, 0) is 48.5 Å². The molecular formula is C17H19N3O2S. The summed E-state index contributed by atoms with van der Waals surface area (Å²) < 4.78 is 5.62. The fourth-order valence-corrected chi connectivity index (χ4v) is 1.95. The van der Waals surface area contributed by atoms with Crippen molar-refractivity contribution in [2.45, 2.75) is 13.8 Å². The second-order valence-electron chi connectivity index (χ2n) is 5.36. The second-order valence-corrected chi connectivity index (χ2v) is 5.76. The highest BCUT2D eigenvalue weighted by molar-refractivity contribution is 7.80. The van der Waals surface area contributed by atoms with E-state index in [1.807, 2.05) is 12.1 Å². The summed E-state index contributed by atoms with van der Waals surface area (Å²) >= 11 is 5.12. The van der Waals surface area contributed by atoms with E-state index in [9.17, 15) is 4.79 Å². The molecule has 1 aromatic heterocycles. The fourth-order valence-electron chi connectivity index (χ4n) is 1.75. The molecule has 5 nitrogen and oxygen atoms in total. The SMILES string of the molecule is CC(C)COc1cccc(C(=O)NC(=S)Nc2ccccn2)c1. The van der Waals surface area contributed by atoms with E-state index in [1.165, 1.54) is 0 Å². The number of hydrogen-bond donors (Lipinski definition) is 2. The molecule has 0 bridgehead atoms. The molecule has 0 radical (unpaired) electrons. The number of amides is 1. The van der Waals surface area contributed by atoms with E-state index in [1.54, 1.807) is 36.5 Å². The Morgan fingerprint density at radius 1 is 1.26 bits per heavy atom. The smallest absolute Gasteiger partial charge is 0.257 e. The van der Waals surface area contributed by atoms with Crippen molar-refractivity contribution < 1.29 is 9.53 Å². The Labute approximate surface area is 141 Å². The van der Waals surface area contributed by atoms with Crippen LogP contribution in [0, 0.1) is 5.92 Å². The quantitative estimate of drug-likeness (QED) is 0.825. The number of aromatic nitrogens is 1. The molecule has 0 saturated heterocycles. The van der Waals surface area contributed by atoms with Gasteiger partial charge in [-0.3, -0.25) is 10.1 Å². The van der Waals surface area contributed by atoms with Gasteiger partial charge in [-0.15, -0.1) is 0 Å². The van der Waals surface area contributed by atoms with Gasteiger partial charge in [-0.1, -0.05) is 26.0 Å². The minimum absolute atomic E-state index is 0.196. The predicted octanol–water partition coefficient (Wildman–Crippen LogP) is 3.24. The first-order valence-corrected chi connectivity index (χ1v) is 7.71. The lowest BCUT2D eigenvalue weighted by Crippen LogP contribution is -2.34. The Balaban J connectivity index is 1.94. The first-order chi connectivity index (χ1) is 11.0. The lowest BCUT2D eigenvalue weighted by molar-refractivity contribution is 0.0977. The predicted molar refractivity (Wildman–Crippen MR) is 94.7 cm³/mol. The van der Waals surface area contributed by atoms with E-state index >= 15 is 0 Å². The van der Waals surface area contributed by atoms with Crippen LogP contribution >= 0.6 is 12.2 Å². The van der Waals surface area contributed by atoms with Gasteiger partial charge in [0.1, 0.15) is 11.6 Å². The molecule has 0 fully saturated rings. The van der Waals surface area contributed by atoms with E-state index < -0.39 is 0 Å². The summed E-state index contributed by atoms with van der Waals surface area (Å²) in [6, 6.07) is 12.4. The number of benzene rings is 1. The highest BCUT2D eigenvalue weighted by Crippen LogP contribution is 2.14. The van der Waals surface area contributed by atoms with Crippen molar-refractivity contribution in [2.75, 3.05) is 11.9 Å². The van der Waals surface area contributed by atoms with E-state index in [-0.39, 0.29) is 11.0 Å². The van der Waals surface area contributed by atoms with Crippen molar-refractivity contribution in [3.63, 3.8) is 0 Å². The van der Waals surface area contributed by atoms with E-state index in [4.69, 9.17) is 17.0 Å². The first-order valence-electron chi connectivity index (χ1n) is 7.31. The fraction of sp³-hybridized carbons (Fsp3) is 0.235. The average Bonchev–Trinajstić information content (AvgIpc) is 2.54. The Kier molecular flexibility index (Phi) is 6.05. The number of nitrogens with zero attached hydrogens (tertiary/aromatic N) is 1. The van der Waals surface area contributed by atoms with Crippen LogP contribution in [0.25, 0.3) is 0 Å². The molecule has 0 unspecified atom stereocenters. The molecule has 2 N–H and O–H groups in total. The van der Waals surface area contributed by atoms with Crippen molar-refractivity contribution in [3.05, 3.63) is 54.2 Å². The van der Waals surface area contributed by atoms with Crippen LogP contribution < -0.4 is 15.4 Å².